The van der Waals surface area contributed by atoms with Crippen LogP contribution in [0.3, 0.4) is 0 Å². The van der Waals surface area contributed by atoms with E-state index in [0.717, 1.165) is 12.0 Å². The van der Waals surface area contributed by atoms with Gasteiger partial charge in [0.2, 0.25) is 0 Å². The zero-order valence-electron chi connectivity index (χ0n) is 11.4. The van der Waals surface area contributed by atoms with Gasteiger partial charge in [0.1, 0.15) is 0 Å². The molecule has 1 aromatic carbocycles. The first-order valence-electron chi connectivity index (χ1n) is 6.95. The lowest BCUT2D eigenvalue weighted by molar-refractivity contribution is -0.183. The smallest absolute Gasteiger partial charge is 0.307 e. The van der Waals surface area contributed by atoms with E-state index >= 15 is 0 Å². The molecule has 0 saturated heterocycles. The predicted molar refractivity (Wildman–Crippen MR) is 74.8 cm³/mol. The molecule has 0 aromatic heterocycles. The first-order valence-corrected chi connectivity index (χ1v) is 7.33. The molecular formula is C15H19ClF3N. The minimum absolute atomic E-state index is 0.0410. The van der Waals surface area contributed by atoms with Crippen LogP contribution in [0.15, 0.2) is 24.3 Å². The molecule has 3 atom stereocenters. The van der Waals surface area contributed by atoms with Crippen LogP contribution in [-0.4, -0.2) is 12.2 Å². The summed E-state index contributed by atoms with van der Waals surface area (Å²) in [6.45, 7) is 1.94. The second-order valence-electron chi connectivity index (χ2n) is 5.51. The largest absolute Gasteiger partial charge is 0.391 e. The van der Waals surface area contributed by atoms with Gasteiger partial charge in [0.05, 0.1) is 5.92 Å². The standard InChI is InChI=1S/C15H19ClF3N/c1-10(13-7-2-3-8-14(13)16)20-12-6-4-5-11(9-12)15(17,18)19/h2-3,7-8,10-12,20H,4-6,9H2,1H3. The van der Waals surface area contributed by atoms with Gasteiger partial charge in [-0.25, -0.2) is 0 Å². The Balaban J connectivity index is 1.98. The normalized spacial score (nSPS) is 25.4. The summed E-state index contributed by atoms with van der Waals surface area (Å²) < 4.78 is 38.4. The minimum atomic E-state index is -4.08. The van der Waals surface area contributed by atoms with E-state index in [4.69, 9.17) is 11.6 Å². The molecule has 0 bridgehead atoms. The van der Waals surface area contributed by atoms with Gasteiger partial charge in [0.25, 0.3) is 0 Å². The molecule has 0 heterocycles. The molecule has 1 aliphatic rings. The van der Waals surface area contributed by atoms with Crippen LogP contribution >= 0.6 is 11.6 Å². The summed E-state index contributed by atoms with van der Waals surface area (Å²) >= 11 is 6.12. The Bertz CT molecular complexity index is 447. The van der Waals surface area contributed by atoms with Crippen LogP contribution in [0.5, 0.6) is 0 Å². The van der Waals surface area contributed by atoms with Crippen molar-refractivity contribution < 1.29 is 13.2 Å². The van der Waals surface area contributed by atoms with Crippen LogP contribution in [0.25, 0.3) is 0 Å². The number of hydrogen-bond acceptors (Lipinski definition) is 1. The molecule has 0 aliphatic heterocycles. The Morgan fingerprint density at radius 1 is 1.25 bits per heavy atom. The fourth-order valence-corrected chi connectivity index (χ4v) is 3.21. The van der Waals surface area contributed by atoms with Crippen molar-refractivity contribution in [3.63, 3.8) is 0 Å². The maximum Gasteiger partial charge on any atom is 0.391 e. The van der Waals surface area contributed by atoms with Gasteiger partial charge in [0, 0.05) is 17.1 Å². The number of benzene rings is 1. The lowest BCUT2D eigenvalue weighted by Gasteiger charge is -2.33. The molecule has 1 fully saturated rings. The minimum Gasteiger partial charge on any atom is -0.307 e. The van der Waals surface area contributed by atoms with Crippen molar-refractivity contribution in [2.75, 3.05) is 0 Å². The van der Waals surface area contributed by atoms with E-state index in [2.05, 4.69) is 5.32 Å². The fraction of sp³-hybridized carbons (Fsp3) is 0.600. The van der Waals surface area contributed by atoms with Crippen LogP contribution in [0.4, 0.5) is 13.2 Å². The van der Waals surface area contributed by atoms with Crippen molar-refractivity contribution in [1.29, 1.82) is 0 Å². The Labute approximate surface area is 122 Å². The van der Waals surface area contributed by atoms with Crippen molar-refractivity contribution in [1.82, 2.24) is 5.32 Å². The highest BCUT2D eigenvalue weighted by Gasteiger charge is 2.42. The van der Waals surface area contributed by atoms with E-state index in [0.29, 0.717) is 11.4 Å². The van der Waals surface area contributed by atoms with Gasteiger partial charge in [-0.2, -0.15) is 13.2 Å². The van der Waals surface area contributed by atoms with Crippen LogP contribution in [0, 0.1) is 5.92 Å². The lowest BCUT2D eigenvalue weighted by atomic mass is 9.85. The van der Waals surface area contributed by atoms with Crippen LogP contribution in [0.1, 0.15) is 44.2 Å². The fourth-order valence-electron chi connectivity index (χ4n) is 2.91. The van der Waals surface area contributed by atoms with Crippen LogP contribution < -0.4 is 5.32 Å². The highest BCUT2D eigenvalue weighted by molar-refractivity contribution is 6.31. The molecule has 1 saturated carbocycles. The summed E-state index contributed by atoms with van der Waals surface area (Å²) in [5, 5.41) is 3.94. The molecule has 112 valence electrons. The molecule has 0 amide bonds. The maximum absolute atomic E-state index is 12.8. The molecular weight excluding hydrogens is 287 g/mol. The lowest BCUT2D eigenvalue weighted by Crippen LogP contribution is -2.39. The summed E-state index contributed by atoms with van der Waals surface area (Å²) in [6, 6.07) is 7.30. The average Bonchev–Trinajstić information content (AvgIpc) is 2.38. The Morgan fingerprint density at radius 2 is 1.95 bits per heavy atom. The van der Waals surface area contributed by atoms with E-state index in [1.807, 2.05) is 25.1 Å². The van der Waals surface area contributed by atoms with Gasteiger partial charge >= 0.3 is 6.18 Å². The highest BCUT2D eigenvalue weighted by atomic mass is 35.5. The SMILES string of the molecule is CC(NC1CCCC(C(F)(F)F)C1)c1ccccc1Cl. The Morgan fingerprint density at radius 3 is 2.60 bits per heavy atom. The zero-order chi connectivity index (χ0) is 14.8. The molecule has 20 heavy (non-hydrogen) atoms. The van der Waals surface area contributed by atoms with Crippen LogP contribution in [0.2, 0.25) is 5.02 Å². The first-order chi connectivity index (χ1) is 9.38. The zero-order valence-corrected chi connectivity index (χ0v) is 12.1. The van der Waals surface area contributed by atoms with E-state index in [9.17, 15) is 13.2 Å². The summed E-state index contributed by atoms with van der Waals surface area (Å²) in [4.78, 5) is 0. The molecule has 1 nitrogen and oxygen atoms in total. The molecule has 5 heteroatoms. The summed E-state index contributed by atoms with van der Waals surface area (Å²) in [6.07, 6.45) is -2.24. The second-order valence-corrected chi connectivity index (χ2v) is 5.92. The van der Waals surface area contributed by atoms with Gasteiger partial charge in [-0.15, -0.1) is 0 Å². The van der Waals surface area contributed by atoms with Crippen molar-refractivity contribution >= 4 is 11.6 Å². The molecule has 1 aliphatic carbocycles. The van der Waals surface area contributed by atoms with E-state index in [1.54, 1.807) is 6.07 Å². The van der Waals surface area contributed by atoms with E-state index in [1.165, 1.54) is 0 Å². The van der Waals surface area contributed by atoms with Gasteiger partial charge in [-0.05, 0) is 37.8 Å². The third-order valence-electron chi connectivity index (χ3n) is 3.99. The monoisotopic (exact) mass is 305 g/mol. The number of nitrogens with one attached hydrogen (secondary N) is 1. The number of rotatable bonds is 3. The number of alkyl halides is 3. The Kier molecular flexibility index (Phi) is 4.97. The van der Waals surface area contributed by atoms with Gasteiger partial charge < -0.3 is 5.32 Å². The molecule has 0 spiro atoms. The van der Waals surface area contributed by atoms with Crippen LogP contribution in [-0.2, 0) is 0 Å². The number of hydrogen-bond donors (Lipinski definition) is 1. The summed E-state index contributed by atoms with van der Waals surface area (Å²) in [5.74, 6) is -1.17. The summed E-state index contributed by atoms with van der Waals surface area (Å²) in [7, 11) is 0. The number of halogens is 4. The van der Waals surface area contributed by atoms with E-state index < -0.39 is 12.1 Å². The third-order valence-corrected chi connectivity index (χ3v) is 4.34. The molecule has 3 unspecified atom stereocenters. The van der Waals surface area contributed by atoms with Crippen molar-refractivity contribution in [3.05, 3.63) is 34.9 Å². The summed E-state index contributed by atoms with van der Waals surface area (Å²) in [5.41, 5.74) is 0.934. The molecule has 0 radical (unpaired) electrons. The van der Waals surface area contributed by atoms with E-state index in [-0.39, 0.29) is 24.9 Å². The van der Waals surface area contributed by atoms with Gasteiger partial charge in [0.15, 0.2) is 0 Å². The molecule has 1 aromatic rings. The maximum atomic E-state index is 12.8. The molecule has 2 rings (SSSR count). The van der Waals surface area contributed by atoms with Gasteiger partial charge in [-0.1, -0.05) is 36.2 Å². The van der Waals surface area contributed by atoms with Crippen molar-refractivity contribution in [3.8, 4) is 0 Å². The Hall–Kier alpha value is -0.740. The topological polar surface area (TPSA) is 12.0 Å². The second kappa shape index (κ2) is 6.35. The van der Waals surface area contributed by atoms with Crippen molar-refractivity contribution in [2.24, 2.45) is 5.92 Å². The molecule has 1 N–H and O–H groups in total. The quantitative estimate of drug-likeness (QED) is 0.818. The van der Waals surface area contributed by atoms with Crippen molar-refractivity contribution in [2.45, 2.75) is 50.9 Å². The third kappa shape index (κ3) is 3.89. The highest BCUT2D eigenvalue weighted by Crippen LogP contribution is 2.38. The van der Waals surface area contributed by atoms with Gasteiger partial charge in [-0.3, -0.25) is 0 Å². The first kappa shape index (κ1) is 15.6. The predicted octanol–water partition coefficient (Wildman–Crippen LogP) is 5.11. The average molecular weight is 306 g/mol.